The van der Waals surface area contributed by atoms with Crippen molar-refractivity contribution in [3.8, 4) is 11.3 Å². The van der Waals surface area contributed by atoms with Crippen LogP contribution in [0.2, 0.25) is 0 Å². The molecule has 2 aliphatic rings. The predicted molar refractivity (Wildman–Crippen MR) is 122 cm³/mol. The van der Waals surface area contributed by atoms with E-state index in [9.17, 15) is 9.59 Å². The molecule has 1 atom stereocenters. The van der Waals surface area contributed by atoms with Gasteiger partial charge in [0.05, 0.1) is 11.4 Å². The number of likely N-dealkylation sites (tertiary alicyclic amines) is 1. The molecule has 1 saturated heterocycles. The fraction of sp³-hybridized carbons (Fsp3) is 0.375. The van der Waals surface area contributed by atoms with Gasteiger partial charge in [-0.05, 0) is 56.7 Å². The van der Waals surface area contributed by atoms with Gasteiger partial charge in [0.2, 0.25) is 0 Å². The van der Waals surface area contributed by atoms with E-state index < -0.39 is 0 Å². The molecule has 0 radical (unpaired) electrons. The van der Waals surface area contributed by atoms with Gasteiger partial charge in [-0.15, -0.1) is 0 Å². The molecule has 0 bridgehead atoms. The third-order valence-corrected chi connectivity index (χ3v) is 6.82. The van der Waals surface area contributed by atoms with Gasteiger partial charge < -0.3 is 4.90 Å². The number of aryl methyl sites for hydroxylation is 1. The number of hydrogen-bond acceptors (Lipinski definition) is 5. The number of H-pyrrole nitrogens is 2. The van der Waals surface area contributed by atoms with E-state index in [0.29, 0.717) is 30.1 Å². The molecule has 1 fully saturated rings. The van der Waals surface area contributed by atoms with Crippen molar-refractivity contribution in [3.05, 3.63) is 69.7 Å². The van der Waals surface area contributed by atoms with Gasteiger partial charge in [0, 0.05) is 54.3 Å². The van der Waals surface area contributed by atoms with Crippen LogP contribution in [0.4, 0.5) is 0 Å². The maximum atomic E-state index is 13.2. The lowest BCUT2D eigenvalue weighted by Gasteiger charge is -2.31. The van der Waals surface area contributed by atoms with Crippen molar-refractivity contribution < 1.29 is 4.79 Å². The molecule has 1 aliphatic heterocycles. The predicted octanol–water partition coefficient (Wildman–Crippen LogP) is 2.71. The van der Waals surface area contributed by atoms with E-state index in [2.05, 4.69) is 20.3 Å². The number of rotatable bonds is 3. The molecule has 0 aromatic carbocycles. The summed E-state index contributed by atoms with van der Waals surface area (Å²) in [5.41, 5.74) is 5.47. The molecular weight excluding hydrogens is 418 g/mol. The molecule has 0 spiro atoms. The number of fused-ring (bicyclic) bond motifs is 2. The van der Waals surface area contributed by atoms with Crippen LogP contribution < -0.4 is 5.56 Å². The second-order valence-electron chi connectivity index (χ2n) is 8.95. The van der Waals surface area contributed by atoms with Crippen LogP contribution in [0.15, 0.2) is 41.5 Å². The maximum Gasteiger partial charge on any atom is 0.276 e. The zero-order valence-corrected chi connectivity index (χ0v) is 18.3. The first-order valence-corrected chi connectivity index (χ1v) is 11.6. The number of aromatic nitrogens is 6. The standard InChI is InChI=1S/C24H25N7O2/c32-23-17-7-1-2-8-18(17)26-22-12-20(29-31(22)23)16-6-4-10-30(14-16)24(33)21-11-19(27-28-21)15-5-3-9-25-13-15/h3,5,9,11-13,16,29H,1-2,4,6-8,10,14H2,(H,27,28). The van der Waals surface area contributed by atoms with Gasteiger partial charge in [-0.1, -0.05) is 0 Å². The molecule has 1 amide bonds. The highest BCUT2D eigenvalue weighted by Gasteiger charge is 2.28. The van der Waals surface area contributed by atoms with Crippen molar-refractivity contribution in [1.82, 2.24) is 34.7 Å². The zero-order valence-electron chi connectivity index (χ0n) is 18.3. The summed E-state index contributed by atoms with van der Waals surface area (Å²) in [5, 5.41) is 10.5. The average molecular weight is 444 g/mol. The number of carbonyl (C=O) groups is 1. The summed E-state index contributed by atoms with van der Waals surface area (Å²) < 4.78 is 1.58. The number of piperidine rings is 1. The summed E-state index contributed by atoms with van der Waals surface area (Å²) in [5.74, 6) is 0.0609. The number of carbonyl (C=O) groups excluding carboxylic acids is 1. The molecule has 33 heavy (non-hydrogen) atoms. The number of nitrogens with one attached hydrogen (secondary N) is 2. The average Bonchev–Trinajstić information content (AvgIpc) is 3.53. The molecule has 5 heterocycles. The van der Waals surface area contributed by atoms with Crippen LogP contribution in [0.1, 0.15) is 59.0 Å². The topological polar surface area (TPSA) is 112 Å². The minimum atomic E-state index is -0.0655. The fourth-order valence-corrected chi connectivity index (χ4v) is 5.06. The lowest BCUT2D eigenvalue weighted by Crippen LogP contribution is -2.39. The largest absolute Gasteiger partial charge is 0.337 e. The van der Waals surface area contributed by atoms with Crippen LogP contribution in [0, 0.1) is 0 Å². The summed E-state index contributed by atoms with van der Waals surface area (Å²) in [6, 6.07) is 7.52. The monoisotopic (exact) mass is 443 g/mol. The van der Waals surface area contributed by atoms with Crippen molar-refractivity contribution in [2.75, 3.05) is 13.1 Å². The molecule has 168 valence electrons. The van der Waals surface area contributed by atoms with E-state index in [0.717, 1.165) is 61.0 Å². The van der Waals surface area contributed by atoms with E-state index in [1.165, 1.54) is 0 Å². The normalized spacial score (nSPS) is 18.4. The minimum Gasteiger partial charge on any atom is -0.337 e. The van der Waals surface area contributed by atoms with Gasteiger partial charge in [-0.2, -0.15) is 5.10 Å². The summed E-state index contributed by atoms with van der Waals surface area (Å²) >= 11 is 0. The summed E-state index contributed by atoms with van der Waals surface area (Å²) in [6.45, 7) is 1.28. The second kappa shape index (κ2) is 7.99. The first kappa shape index (κ1) is 19.9. The van der Waals surface area contributed by atoms with E-state index >= 15 is 0 Å². The van der Waals surface area contributed by atoms with E-state index in [1.807, 2.05) is 23.1 Å². The summed E-state index contributed by atoms with van der Waals surface area (Å²) in [4.78, 5) is 36.9. The molecule has 9 heteroatoms. The summed E-state index contributed by atoms with van der Waals surface area (Å²) in [7, 11) is 0. The molecule has 1 unspecified atom stereocenters. The Balaban J connectivity index is 1.24. The molecule has 4 aromatic rings. The second-order valence-corrected chi connectivity index (χ2v) is 8.95. The van der Waals surface area contributed by atoms with Crippen molar-refractivity contribution in [2.45, 2.75) is 44.4 Å². The highest BCUT2D eigenvalue weighted by molar-refractivity contribution is 5.93. The van der Waals surface area contributed by atoms with Crippen molar-refractivity contribution in [2.24, 2.45) is 0 Å². The smallest absolute Gasteiger partial charge is 0.276 e. The van der Waals surface area contributed by atoms with Crippen LogP contribution in [0.3, 0.4) is 0 Å². The molecule has 2 N–H and O–H groups in total. The lowest BCUT2D eigenvalue weighted by molar-refractivity contribution is 0.0700. The molecule has 0 saturated carbocycles. The Hall–Kier alpha value is -3.75. The Morgan fingerprint density at radius 3 is 2.94 bits per heavy atom. The number of pyridine rings is 1. The lowest BCUT2D eigenvalue weighted by atomic mass is 9.94. The fourth-order valence-electron chi connectivity index (χ4n) is 5.06. The van der Waals surface area contributed by atoms with Gasteiger partial charge in [0.15, 0.2) is 5.65 Å². The number of hydrogen-bond donors (Lipinski definition) is 2. The Morgan fingerprint density at radius 1 is 1.15 bits per heavy atom. The van der Waals surface area contributed by atoms with E-state index in [1.54, 1.807) is 23.0 Å². The van der Waals surface area contributed by atoms with Crippen LogP contribution in [0.25, 0.3) is 16.9 Å². The van der Waals surface area contributed by atoms with Crippen LogP contribution in [0.5, 0.6) is 0 Å². The minimum absolute atomic E-state index is 0.0186. The first-order valence-electron chi connectivity index (χ1n) is 11.6. The summed E-state index contributed by atoms with van der Waals surface area (Å²) in [6.07, 6.45) is 9.09. The highest BCUT2D eigenvalue weighted by Crippen LogP contribution is 2.28. The van der Waals surface area contributed by atoms with Gasteiger partial charge in [-0.3, -0.25) is 24.8 Å². The third kappa shape index (κ3) is 3.53. The van der Waals surface area contributed by atoms with Crippen LogP contribution >= 0.6 is 0 Å². The van der Waals surface area contributed by atoms with Gasteiger partial charge in [0.25, 0.3) is 11.5 Å². The Bertz CT molecular complexity index is 1390. The zero-order chi connectivity index (χ0) is 22.4. The Morgan fingerprint density at radius 2 is 2.06 bits per heavy atom. The molecule has 4 aromatic heterocycles. The number of aromatic amines is 2. The quantitative estimate of drug-likeness (QED) is 0.506. The van der Waals surface area contributed by atoms with Crippen LogP contribution in [-0.2, 0) is 12.8 Å². The molecule has 9 nitrogen and oxygen atoms in total. The van der Waals surface area contributed by atoms with Crippen molar-refractivity contribution in [1.29, 1.82) is 0 Å². The molecule has 1 aliphatic carbocycles. The highest BCUT2D eigenvalue weighted by atomic mass is 16.2. The third-order valence-electron chi connectivity index (χ3n) is 6.82. The first-order chi connectivity index (χ1) is 16.2. The number of nitrogens with zero attached hydrogens (tertiary/aromatic N) is 5. The maximum absolute atomic E-state index is 13.2. The van der Waals surface area contributed by atoms with Gasteiger partial charge >= 0.3 is 0 Å². The van der Waals surface area contributed by atoms with Gasteiger partial charge in [-0.25, -0.2) is 9.50 Å². The Kier molecular flexibility index (Phi) is 4.82. The molecule has 6 rings (SSSR count). The van der Waals surface area contributed by atoms with Crippen LogP contribution in [-0.4, -0.2) is 53.7 Å². The van der Waals surface area contributed by atoms with Crippen molar-refractivity contribution in [3.63, 3.8) is 0 Å². The number of amides is 1. The Labute approximate surface area is 189 Å². The van der Waals surface area contributed by atoms with Crippen molar-refractivity contribution >= 4 is 11.6 Å². The van der Waals surface area contributed by atoms with E-state index in [4.69, 9.17) is 4.98 Å². The SMILES string of the molecule is O=C(c1cc(-c2cccnc2)n[nH]1)N1CCCC(c2cc3nc4c(c(=O)n3[nH]2)CCCC4)C1. The van der Waals surface area contributed by atoms with E-state index in [-0.39, 0.29) is 17.4 Å². The molecular formula is C24H25N7O2. The van der Waals surface area contributed by atoms with Gasteiger partial charge in [0.1, 0.15) is 5.69 Å².